The van der Waals surface area contributed by atoms with Gasteiger partial charge in [0.1, 0.15) is 0 Å². The Balaban J connectivity index is 0.000001000. The zero-order chi connectivity index (χ0) is 7.40. The Labute approximate surface area is 75.9 Å². The van der Waals surface area contributed by atoms with E-state index in [9.17, 15) is 0 Å². The van der Waals surface area contributed by atoms with Crippen LogP contribution < -0.4 is 17.0 Å². The summed E-state index contributed by atoms with van der Waals surface area (Å²) in [5, 5.41) is 8.57. The molecule has 0 spiro atoms. The molecule has 0 aliphatic heterocycles. The van der Waals surface area contributed by atoms with Gasteiger partial charge in [-0.2, -0.15) is 0 Å². The van der Waals surface area contributed by atoms with Crippen molar-refractivity contribution in [2.75, 3.05) is 0 Å². The van der Waals surface area contributed by atoms with E-state index in [4.69, 9.17) is 9.52 Å². The average molecular weight is 217 g/mol. The predicted molar refractivity (Wildman–Crippen MR) is 39.4 cm³/mol. The van der Waals surface area contributed by atoms with E-state index in [1.165, 1.54) is 0 Å². The van der Waals surface area contributed by atoms with Gasteiger partial charge in [-0.3, -0.25) is 0 Å². The zero-order valence-corrected chi connectivity index (χ0v) is 7.71. The molecule has 60 valence electrons. The number of rotatable bonds is 1. The van der Waals surface area contributed by atoms with Crippen LogP contribution >= 0.6 is 0 Å². The molecule has 3 heteroatoms. The minimum Gasteiger partial charge on any atom is -1.00 e. The third-order valence-corrected chi connectivity index (χ3v) is 1.21. The lowest BCUT2D eigenvalue weighted by atomic mass is 10.2. The average Bonchev–Trinajstić information content (AvgIpc) is 2.05. The number of hydrogen-bond donors (Lipinski definition) is 1. The number of halogens is 1. The fraction of sp³-hybridized carbons (Fsp3) is 0.125. The maximum Gasteiger partial charge on any atom is 0.358 e. The second kappa shape index (κ2) is 4.91. The Morgan fingerprint density at radius 3 is 2.73 bits per heavy atom. The second-order valence-electron chi connectivity index (χ2n) is 1.98. The predicted octanol–water partition coefficient (Wildman–Crippen LogP) is -0.516. The van der Waals surface area contributed by atoms with Crippen LogP contribution in [0, 0.1) is 0 Å². The standard InChI is InChI=1S/C8H8O2.BrH/c1-7(6-9)8-4-2-3-5-10-8;/h2-6H,1H3;1H/b7-6+;. The quantitative estimate of drug-likeness (QED) is 0.507. The van der Waals surface area contributed by atoms with E-state index in [0.717, 1.165) is 11.8 Å². The van der Waals surface area contributed by atoms with E-state index >= 15 is 0 Å². The smallest absolute Gasteiger partial charge is 0.358 e. The lowest BCUT2D eigenvalue weighted by Gasteiger charge is -1.83. The first-order valence-corrected chi connectivity index (χ1v) is 3.03. The highest BCUT2D eigenvalue weighted by molar-refractivity contribution is 5.56. The Morgan fingerprint density at radius 1 is 1.55 bits per heavy atom. The molecule has 1 heterocycles. The van der Waals surface area contributed by atoms with Crippen molar-refractivity contribution in [3.8, 4) is 0 Å². The monoisotopic (exact) mass is 216 g/mol. The van der Waals surface area contributed by atoms with E-state index < -0.39 is 0 Å². The van der Waals surface area contributed by atoms with Gasteiger partial charge in [-0.25, -0.2) is 4.42 Å². The highest BCUT2D eigenvalue weighted by Gasteiger charge is 2.06. The summed E-state index contributed by atoms with van der Waals surface area (Å²) in [6.45, 7) is 1.78. The van der Waals surface area contributed by atoms with Crippen LogP contribution in [0.15, 0.2) is 35.1 Å². The molecule has 0 saturated heterocycles. The van der Waals surface area contributed by atoms with Gasteiger partial charge in [0, 0.05) is 12.1 Å². The maximum atomic E-state index is 8.57. The molecule has 1 aromatic heterocycles. The van der Waals surface area contributed by atoms with Crippen molar-refractivity contribution >= 4 is 5.57 Å². The van der Waals surface area contributed by atoms with Gasteiger partial charge in [0.15, 0.2) is 0 Å². The molecule has 0 unspecified atom stereocenters. The molecular formula is C8H9BrO2. The Bertz CT molecular complexity index is 231. The van der Waals surface area contributed by atoms with Gasteiger partial charge in [0.2, 0.25) is 0 Å². The van der Waals surface area contributed by atoms with Crippen LogP contribution in [0.25, 0.3) is 5.57 Å². The van der Waals surface area contributed by atoms with Crippen molar-refractivity contribution in [1.29, 1.82) is 0 Å². The van der Waals surface area contributed by atoms with Crippen LogP contribution in [0.3, 0.4) is 0 Å². The summed E-state index contributed by atoms with van der Waals surface area (Å²) in [7, 11) is 0. The van der Waals surface area contributed by atoms with Crippen LogP contribution in [-0.4, -0.2) is 5.11 Å². The molecule has 0 amide bonds. The lowest BCUT2D eigenvalue weighted by Crippen LogP contribution is -3.00. The van der Waals surface area contributed by atoms with Crippen molar-refractivity contribution < 1.29 is 26.5 Å². The van der Waals surface area contributed by atoms with Crippen LogP contribution in [0.5, 0.6) is 0 Å². The minimum absolute atomic E-state index is 0. The van der Waals surface area contributed by atoms with Crippen LogP contribution in [0.4, 0.5) is 0 Å². The molecule has 1 aromatic rings. The normalized spacial score (nSPS) is 10.5. The number of aliphatic hydroxyl groups is 1. The molecule has 11 heavy (non-hydrogen) atoms. The molecule has 0 fully saturated rings. The molecule has 0 atom stereocenters. The topological polar surface area (TPSA) is 31.5 Å². The molecule has 0 saturated carbocycles. The Morgan fingerprint density at radius 2 is 2.27 bits per heavy atom. The summed E-state index contributed by atoms with van der Waals surface area (Å²) in [5.41, 5.74) is 0.723. The molecule has 0 aliphatic rings. The molecule has 2 nitrogen and oxygen atoms in total. The molecule has 0 aromatic carbocycles. The first kappa shape index (κ1) is 10.2. The summed E-state index contributed by atoms with van der Waals surface area (Å²) in [5.74, 6) is 0.685. The van der Waals surface area contributed by atoms with E-state index in [0.29, 0.717) is 5.76 Å². The molecule has 0 radical (unpaired) electrons. The van der Waals surface area contributed by atoms with Crippen molar-refractivity contribution in [2.24, 2.45) is 0 Å². The summed E-state index contributed by atoms with van der Waals surface area (Å²) < 4.78 is 5.05. The van der Waals surface area contributed by atoms with E-state index in [2.05, 4.69) is 0 Å². The summed E-state index contributed by atoms with van der Waals surface area (Å²) >= 11 is 0. The number of hydrogen-bond acceptors (Lipinski definition) is 1. The molecule has 1 N–H and O–H groups in total. The van der Waals surface area contributed by atoms with Gasteiger partial charge in [0.05, 0.1) is 11.8 Å². The van der Waals surface area contributed by atoms with Gasteiger partial charge >= 0.3 is 12.0 Å². The SMILES string of the molecule is C/C(=C\O)c1cccc[o+]1.[Br-]. The number of allylic oxidation sites excluding steroid dienone is 1. The second-order valence-corrected chi connectivity index (χ2v) is 1.98. The van der Waals surface area contributed by atoms with Crippen molar-refractivity contribution in [3.05, 3.63) is 36.5 Å². The summed E-state index contributed by atoms with van der Waals surface area (Å²) in [4.78, 5) is 0. The fourth-order valence-corrected chi connectivity index (χ4v) is 0.628. The van der Waals surface area contributed by atoms with Crippen molar-refractivity contribution in [2.45, 2.75) is 6.92 Å². The van der Waals surface area contributed by atoms with Crippen molar-refractivity contribution in [1.82, 2.24) is 0 Å². The largest absolute Gasteiger partial charge is 1.00 e. The summed E-state index contributed by atoms with van der Waals surface area (Å²) in [6, 6.07) is 5.43. The molecule has 0 aliphatic carbocycles. The third-order valence-electron chi connectivity index (χ3n) is 1.21. The lowest BCUT2D eigenvalue weighted by molar-refractivity contribution is -0.00000337. The minimum atomic E-state index is 0. The van der Waals surface area contributed by atoms with Crippen molar-refractivity contribution in [3.63, 3.8) is 0 Å². The fourth-order valence-electron chi connectivity index (χ4n) is 0.628. The zero-order valence-electron chi connectivity index (χ0n) is 6.12. The van der Waals surface area contributed by atoms with Crippen LogP contribution in [-0.2, 0) is 0 Å². The Kier molecular flexibility index (Phi) is 4.54. The highest BCUT2D eigenvalue weighted by Crippen LogP contribution is 2.10. The van der Waals surface area contributed by atoms with Crippen LogP contribution in [0.2, 0.25) is 0 Å². The highest BCUT2D eigenvalue weighted by atomic mass is 79.9. The first-order valence-electron chi connectivity index (χ1n) is 3.03. The molecule has 1 rings (SSSR count). The van der Waals surface area contributed by atoms with Gasteiger partial charge in [-0.05, 0) is 13.0 Å². The van der Waals surface area contributed by atoms with E-state index in [1.807, 2.05) is 6.07 Å². The van der Waals surface area contributed by atoms with Gasteiger partial charge in [0.25, 0.3) is 0 Å². The third kappa shape index (κ3) is 2.72. The van der Waals surface area contributed by atoms with Crippen LogP contribution in [0.1, 0.15) is 12.7 Å². The van der Waals surface area contributed by atoms with Gasteiger partial charge in [-0.15, -0.1) is 0 Å². The Hall–Kier alpha value is -0.830. The van der Waals surface area contributed by atoms with Gasteiger partial charge in [-0.1, -0.05) is 0 Å². The number of aliphatic hydroxyl groups excluding tert-OH is 1. The first-order chi connectivity index (χ1) is 4.84. The van der Waals surface area contributed by atoms with E-state index in [1.54, 1.807) is 25.3 Å². The van der Waals surface area contributed by atoms with E-state index in [-0.39, 0.29) is 17.0 Å². The summed E-state index contributed by atoms with van der Waals surface area (Å²) in [6.07, 6.45) is 2.60. The van der Waals surface area contributed by atoms with Gasteiger partial charge < -0.3 is 22.1 Å². The molecular weight excluding hydrogens is 208 g/mol. The maximum absolute atomic E-state index is 8.57. The molecule has 0 bridgehead atoms.